The van der Waals surface area contributed by atoms with E-state index in [1.165, 1.54) is 0 Å². The van der Waals surface area contributed by atoms with Crippen LogP contribution in [-0.4, -0.2) is 0 Å². The first-order valence-electron chi connectivity index (χ1n) is 18.0. The van der Waals surface area contributed by atoms with E-state index >= 15 is 0 Å². The van der Waals surface area contributed by atoms with Gasteiger partial charge in [0.15, 0.2) is 46.0 Å². The second-order valence-corrected chi connectivity index (χ2v) is 12.6. The second kappa shape index (κ2) is 17.0. The minimum absolute atomic E-state index is 0.499. The molecule has 0 radical (unpaired) electrons. The van der Waals surface area contributed by atoms with Gasteiger partial charge in [0, 0.05) is 35.6 Å². The summed E-state index contributed by atoms with van der Waals surface area (Å²) in [5, 5.41) is 0. The van der Waals surface area contributed by atoms with E-state index in [4.69, 9.17) is 44.6 Å². The van der Waals surface area contributed by atoms with Crippen LogP contribution in [0.4, 0.5) is 11.4 Å². The third kappa shape index (κ3) is 9.37. The van der Waals surface area contributed by atoms with Gasteiger partial charge in [-0.25, -0.2) is 0 Å². The Hall–Kier alpha value is -8.04. The number of ether oxygens (including phenoxy) is 7. The number of benzene rings is 8. The molecule has 0 aliphatic heterocycles. The Morgan fingerprint density at radius 3 is 0.719 bits per heavy atom. The van der Waals surface area contributed by atoms with Crippen LogP contribution >= 0.6 is 0 Å². The zero-order valence-corrected chi connectivity index (χ0v) is 30.5. The molecule has 4 N–H and O–H groups in total. The highest BCUT2D eigenvalue weighted by molar-refractivity contribution is 5.54. The number of anilines is 2. The van der Waals surface area contributed by atoms with Crippen LogP contribution in [0.1, 0.15) is 0 Å². The highest BCUT2D eigenvalue weighted by Crippen LogP contribution is 2.42. The molecule has 9 nitrogen and oxygen atoms in total. The van der Waals surface area contributed by atoms with Crippen molar-refractivity contribution >= 4 is 11.4 Å². The highest BCUT2D eigenvalue weighted by Gasteiger charge is 2.15. The van der Waals surface area contributed by atoms with Gasteiger partial charge in [-0.3, -0.25) is 0 Å². The summed E-state index contributed by atoms with van der Waals surface area (Å²) in [7, 11) is 0. The molecular formula is C48H36N2O7. The molecule has 0 unspecified atom stereocenters. The van der Waals surface area contributed by atoms with Gasteiger partial charge in [0.2, 0.25) is 0 Å². The van der Waals surface area contributed by atoms with Crippen LogP contribution < -0.4 is 44.6 Å². The predicted octanol–water partition coefficient (Wildman–Crippen LogP) is 13.4. The van der Waals surface area contributed by atoms with Crippen molar-refractivity contribution in [3.05, 3.63) is 194 Å². The van der Waals surface area contributed by atoms with E-state index in [1.807, 2.05) is 158 Å². The van der Waals surface area contributed by atoms with Crippen molar-refractivity contribution in [1.29, 1.82) is 0 Å². The van der Waals surface area contributed by atoms with Crippen LogP contribution in [0.25, 0.3) is 0 Å². The molecule has 280 valence electrons. The lowest BCUT2D eigenvalue weighted by Gasteiger charge is -2.16. The van der Waals surface area contributed by atoms with Crippen molar-refractivity contribution in [3.63, 3.8) is 0 Å². The van der Waals surface area contributed by atoms with Gasteiger partial charge in [-0.05, 0) is 97.1 Å². The molecule has 0 amide bonds. The Morgan fingerprint density at radius 2 is 0.439 bits per heavy atom. The van der Waals surface area contributed by atoms with E-state index in [9.17, 15) is 0 Å². The normalized spacial score (nSPS) is 10.6. The van der Waals surface area contributed by atoms with Gasteiger partial charge in [-0.2, -0.15) is 0 Å². The van der Waals surface area contributed by atoms with Crippen LogP contribution in [0, 0.1) is 0 Å². The molecule has 0 saturated heterocycles. The molecule has 0 spiro atoms. The first-order chi connectivity index (χ1) is 28.0. The maximum absolute atomic E-state index is 6.33. The second-order valence-electron chi connectivity index (χ2n) is 12.6. The average molecular weight is 753 g/mol. The predicted molar refractivity (Wildman–Crippen MR) is 221 cm³/mol. The Kier molecular flexibility index (Phi) is 10.7. The maximum Gasteiger partial charge on any atom is 0.170 e. The summed E-state index contributed by atoms with van der Waals surface area (Å²) in [6, 6.07) is 58.7. The third-order valence-corrected chi connectivity index (χ3v) is 8.31. The molecule has 9 heteroatoms. The average Bonchev–Trinajstić information content (AvgIpc) is 3.21. The molecule has 8 rings (SSSR count). The monoisotopic (exact) mass is 752 g/mol. The molecule has 8 aromatic rings. The van der Waals surface area contributed by atoms with E-state index in [2.05, 4.69) is 0 Å². The van der Waals surface area contributed by atoms with E-state index < -0.39 is 0 Å². The van der Waals surface area contributed by atoms with Gasteiger partial charge in [-0.15, -0.1) is 0 Å². The summed E-state index contributed by atoms with van der Waals surface area (Å²) in [5.74, 6) is 7.50. The molecular weight excluding hydrogens is 717 g/mol. The number of hydrogen-bond acceptors (Lipinski definition) is 9. The molecule has 57 heavy (non-hydrogen) atoms. The maximum atomic E-state index is 6.33. The molecule has 0 aliphatic rings. The summed E-state index contributed by atoms with van der Waals surface area (Å²) in [4.78, 5) is 0. The number of hydrogen-bond donors (Lipinski definition) is 2. The van der Waals surface area contributed by atoms with Crippen molar-refractivity contribution in [2.45, 2.75) is 0 Å². The molecule has 0 aliphatic carbocycles. The number of rotatable bonds is 14. The van der Waals surface area contributed by atoms with Crippen LogP contribution in [0.3, 0.4) is 0 Å². The largest absolute Gasteiger partial charge is 0.457 e. The fourth-order valence-corrected chi connectivity index (χ4v) is 5.71. The first-order valence-corrected chi connectivity index (χ1v) is 18.0. The molecule has 0 atom stereocenters. The minimum atomic E-state index is 0.499. The Labute approximate surface area is 329 Å². The molecule has 0 heterocycles. The summed E-state index contributed by atoms with van der Waals surface area (Å²) < 4.78 is 43.8. The van der Waals surface area contributed by atoms with Gasteiger partial charge in [-0.1, -0.05) is 72.8 Å². The number of nitrogens with two attached hydrogens (primary N) is 2. The topological polar surface area (TPSA) is 117 Å². The van der Waals surface area contributed by atoms with Crippen molar-refractivity contribution in [1.82, 2.24) is 0 Å². The van der Waals surface area contributed by atoms with E-state index in [-0.39, 0.29) is 0 Å². The minimum Gasteiger partial charge on any atom is -0.457 e. The van der Waals surface area contributed by atoms with E-state index in [0.717, 1.165) is 0 Å². The summed E-state index contributed by atoms with van der Waals surface area (Å²) >= 11 is 0. The van der Waals surface area contributed by atoms with E-state index in [1.54, 1.807) is 36.4 Å². The molecule has 0 fully saturated rings. The van der Waals surface area contributed by atoms with Gasteiger partial charge < -0.3 is 44.6 Å². The van der Waals surface area contributed by atoms with Crippen molar-refractivity contribution in [3.8, 4) is 80.5 Å². The fourth-order valence-electron chi connectivity index (χ4n) is 5.71. The summed E-state index contributed by atoms with van der Waals surface area (Å²) in [6.45, 7) is 0. The smallest absolute Gasteiger partial charge is 0.170 e. The number of nitrogen functional groups attached to an aromatic ring is 2. The Balaban J connectivity index is 0.950. The van der Waals surface area contributed by atoms with E-state index in [0.29, 0.717) is 91.9 Å². The zero-order chi connectivity index (χ0) is 38.8. The van der Waals surface area contributed by atoms with Gasteiger partial charge in [0.1, 0.15) is 34.5 Å². The third-order valence-electron chi connectivity index (χ3n) is 8.31. The van der Waals surface area contributed by atoms with Crippen molar-refractivity contribution < 1.29 is 33.2 Å². The lowest BCUT2D eigenvalue weighted by atomic mass is 10.2. The van der Waals surface area contributed by atoms with Gasteiger partial charge in [0.05, 0.1) is 0 Å². The summed E-state index contributed by atoms with van der Waals surface area (Å²) in [5.41, 5.74) is 13.1. The molecule has 0 aromatic heterocycles. The standard InChI is InChI=1S/C48H36N2O7/c49-33-13-9-15-35(29-33)52-41-21-1-5-25-45(41)56-47-27-7-3-23-43(47)54-39-19-11-17-37(31-39)51-38-18-12-20-40(32-38)55-44-24-4-8-28-48(44)57-46-26-6-2-22-42(46)53-36-16-10-14-34(50)30-36/h1-32H,49-50H2. The van der Waals surface area contributed by atoms with Crippen LogP contribution in [0.5, 0.6) is 80.5 Å². The summed E-state index contributed by atoms with van der Waals surface area (Å²) in [6.07, 6.45) is 0. The molecule has 0 bridgehead atoms. The lowest BCUT2D eigenvalue weighted by Crippen LogP contribution is -1.94. The number of para-hydroxylation sites is 8. The lowest BCUT2D eigenvalue weighted by molar-refractivity contribution is 0.392. The Morgan fingerprint density at radius 1 is 0.211 bits per heavy atom. The van der Waals surface area contributed by atoms with Gasteiger partial charge in [0.25, 0.3) is 0 Å². The molecule has 8 aromatic carbocycles. The first kappa shape index (κ1) is 36.0. The van der Waals surface area contributed by atoms with Crippen LogP contribution in [0.15, 0.2) is 194 Å². The Bertz CT molecular complexity index is 2450. The van der Waals surface area contributed by atoms with Crippen LogP contribution in [0.2, 0.25) is 0 Å². The van der Waals surface area contributed by atoms with Gasteiger partial charge >= 0.3 is 0 Å². The molecule has 0 saturated carbocycles. The zero-order valence-electron chi connectivity index (χ0n) is 30.5. The SMILES string of the molecule is Nc1cccc(Oc2ccccc2Oc2ccccc2Oc2cccc(Oc3cccc(Oc4ccccc4Oc4ccccc4Oc4cccc(N)c4)c3)c2)c1. The van der Waals surface area contributed by atoms with Crippen LogP contribution in [-0.2, 0) is 0 Å². The quantitative estimate of drug-likeness (QED) is 0.105. The highest BCUT2D eigenvalue weighted by atomic mass is 16.6. The van der Waals surface area contributed by atoms with Crippen molar-refractivity contribution in [2.24, 2.45) is 0 Å². The van der Waals surface area contributed by atoms with Crippen molar-refractivity contribution in [2.75, 3.05) is 11.5 Å². The fraction of sp³-hybridized carbons (Fsp3) is 0.